The monoisotopic (exact) mass is 876 g/mol. The second-order valence-electron chi connectivity index (χ2n) is 19.7. The minimum absolute atomic E-state index is 0.0328. The zero-order chi connectivity index (χ0) is 46.0. The summed E-state index contributed by atoms with van der Waals surface area (Å²) in [6.07, 6.45) is 3.92. The second-order valence-corrected chi connectivity index (χ2v) is 19.7. The Kier molecular flexibility index (Phi) is 17.0. The number of urea groups is 1. The molecule has 0 aromatic heterocycles. The van der Waals surface area contributed by atoms with Gasteiger partial charge in [0.1, 0.15) is 23.3 Å². The number of aliphatic hydroxyl groups is 2. The lowest BCUT2D eigenvalue weighted by Crippen LogP contribution is -2.58. The van der Waals surface area contributed by atoms with Crippen LogP contribution < -0.4 is 21.7 Å². The quantitative estimate of drug-likeness (QED) is 0.0706. The number of amides is 2. The lowest BCUT2D eigenvalue weighted by Gasteiger charge is -2.44. The predicted octanol–water partition coefficient (Wildman–Crippen LogP) is 8.64. The van der Waals surface area contributed by atoms with Gasteiger partial charge in [0.2, 0.25) is 0 Å². The number of carbonyl (C=O) groups excluding carboxylic acids is 1. The number of nitrogens with two attached hydrogens (primary N) is 1. The van der Waals surface area contributed by atoms with Crippen molar-refractivity contribution in [2.45, 2.75) is 127 Å². The molecule has 0 aliphatic carbocycles. The summed E-state index contributed by atoms with van der Waals surface area (Å²) < 4.78 is 53.6. The van der Waals surface area contributed by atoms with Crippen molar-refractivity contribution in [3.63, 3.8) is 0 Å². The second kappa shape index (κ2) is 21.6. The van der Waals surface area contributed by atoms with Crippen LogP contribution in [-0.2, 0) is 34.7 Å². The van der Waals surface area contributed by atoms with E-state index in [0.717, 1.165) is 56.5 Å². The Bertz CT molecular complexity index is 2070. The summed E-state index contributed by atoms with van der Waals surface area (Å²) in [7, 11) is 0. The van der Waals surface area contributed by atoms with Crippen LogP contribution in [0.2, 0.25) is 0 Å². The molecular weight excluding hydrogens is 807 g/mol. The van der Waals surface area contributed by atoms with Crippen molar-refractivity contribution < 1.29 is 32.6 Å². The minimum Gasteiger partial charge on any atom is -0.392 e. The molecule has 4 atom stereocenters. The summed E-state index contributed by atoms with van der Waals surface area (Å²) >= 11 is 0. The van der Waals surface area contributed by atoms with E-state index >= 15 is 0 Å². The molecule has 4 aromatic carbocycles. The molecule has 2 heterocycles. The third-order valence-electron chi connectivity index (χ3n) is 12.5. The molecule has 2 aliphatic rings. The number of primary amides is 1. The fraction of sp³-hybridized carbons (Fsp3) is 0.510. The minimum atomic E-state index is -0.719. The van der Waals surface area contributed by atoms with Crippen molar-refractivity contribution in [3.05, 3.63) is 142 Å². The van der Waals surface area contributed by atoms with Gasteiger partial charge in [-0.1, -0.05) is 90.1 Å². The van der Waals surface area contributed by atoms with Crippen molar-refractivity contribution >= 4 is 6.03 Å². The van der Waals surface area contributed by atoms with E-state index in [4.69, 9.17) is 5.73 Å². The van der Waals surface area contributed by atoms with E-state index in [1.54, 1.807) is 4.90 Å². The zero-order valence-electron chi connectivity index (χ0n) is 38.0. The van der Waals surface area contributed by atoms with Crippen LogP contribution in [0.3, 0.4) is 0 Å². The summed E-state index contributed by atoms with van der Waals surface area (Å²) in [4.78, 5) is 13.6. The Hall–Kier alpha value is -4.33. The van der Waals surface area contributed by atoms with Crippen molar-refractivity contribution in [3.8, 4) is 0 Å². The van der Waals surface area contributed by atoms with Crippen LogP contribution >= 0.6 is 0 Å². The molecular formula is C51H69F4N5O3. The molecule has 7 N–H and O–H groups in total. The molecule has 6 rings (SSSR count). The highest BCUT2D eigenvalue weighted by Gasteiger charge is 2.39. The van der Waals surface area contributed by atoms with Gasteiger partial charge in [-0.2, -0.15) is 0 Å². The summed E-state index contributed by atoms with van der Waals surface area (Å²) in [6.45, 7) is 16.6. The van der Waals surface area contributed by atoms with Crippen LogP contribution in [-0.4, -0.2) is 72.6 Å². The summed E-state index contributed by atoms with van der Waals surface area (Å²) in [6, 6.07) is 23.5. The molecule has 0 radical (unpaired) electrons. The van der Waals surface area contributed by atoms with Crippen molar-refractivity contribution in [1.29, 1.82) is 0 Å². The number of piperidine rings is 2. The summed E-state index contributed by atoms with van der Waals surface area (Å²) in [5.74, 6) is -2.40. The number of hydrogen-bond donors (Lipinski definition) is 6. The first-order valence-corrected chi connectivity index (χ1v) is 22.4. The zero-order valence-corrected chi connectivity index (χ0v) is 38.0. The standard InChI is InChI=1S/C26H35F2N3O2.C25H34F2N2O/c1-25(2,3)19-6-4-7-20(14-19)26(10-5-11-31(17-26)24(29)33)30-16-23(32)9-8-18-12-21(27)15-22(28)13-18;1-24(2,3)19-6-4-7-20(14-19)25(10-5-11-28-17-25)29-16-23(30)9-8-18-12-21(26)15-22(27)13-18/h4,6-7,12-15,23,30,32H,5,8-11,16-17H2,1-3H3,(H2,29,33);4,6-7,12-15,23,28-30H,5,8-11,16-17H2,1-3H3. The van der Waals surface area contributed by atoms with Gasteiger partial charge in [-0.3, -0.25) is 0 Å². The van der Waals surface area contributed by atoms with Gasteiger partial charge >= 0.3 is 6.03 Å². The fourth-order valence-corrected chi connectivity index (χ4v) is 8.70. The Morgan fingerprint density at radius 2 is 1.14 bits per heavy atom. The molecule has 4 unspecified atom stereocenters. The maximum atomic E-state index is 13.4. The fourth-order valence-electron chi connectivity index (χ4n) is 8.70. The van der Waals surface area contributed by atoms with Crippen LogP contribution in [0, 0.1) is 23.3 Å². The molecule has 2 fully saturated rings. The maximum Gasteiger partial charge on any atom is 0.314 e. The van der Waals surface area contributed by atoms with Crippen LogP contribution in [0.25, 0.3) is 0 Å². The highest BCUT2D eigenvalue weighted by atomic mass is 19.1. The summed E-state index contributed by atoms with van der Waals surface area (Å²) in [5, 5.41) is 31.9. The molecule has 0 bridgehead atoms. The van der Waals surface area contributed by atoms with Crippen LogP contribution in [0.4, 0.5) is 22.4 Å². The van der Waals surface area contributed by atoms with E-state index in [0.29, 0.717) is 56.4 Å². The smallest absolute Gasteiger partial charge is 0.314 e. The molecule has 4 aromatic rings. The highest BCUT2D eigenvalue weighted by Crippen LogP contribution is 2.35. The molecule has 63 heavy (non-hydrogen) atoms. The Labute approximate surface area is 372 Å². The predicted molar refractivity (Wildman–Crippen MR) is 244 cm³/mol. The van der Waals surface area contributed by atoms with Crippen molar-refractivity contribution in [2.75, 3.05) is 39.3 Å². The molecule has 2 amide bonds. The highest BCUT2D eigenvalue weighted by molar-refractivity contribution is 5.72. The van der Waals surface area contributed by atoms with E-state index in [1.807, 2.05) is 6.07 Å². The van der Waals surface area contributed by atoms with Crippen LogP contribution in [0.15, 0.2) is 84.9 Å². The number of nitrogens with one attached hydrogen (secondary N) is 3. The lowest BCUT2D eigenvalue weighted by atomic mass is 9.78. The maximum absolute atomic E-state index is 13.4. The lowest BCUT2D eigenvalue weighted by molar-refractivity contribution is 0.106. The number of aryl methyl sites for hydroxylation is 2. The first-order valence-electron chi connectivity index (χ1n) is 22.4. The Morgan fingerprint density at radius 3 is 1.57 bits per heavy atom. The number of nitrogens with zero attached hydrogens (tertiary/aromatic N) is 1. The SMILES string of the molecule is CC(C)(C)c1cccc(C2(NCC(O)CCc3cc(F)cc(F)c3)CCCN(C(N)=O)C2)c1.CC(C)(C)c1cccc(C2(NCC(O)CCc3cc(F)cc(F)c3)CCCNC2)c1. The largest absolute Gasteiger partial charge is 0.392 e. The van der Waals surface area contributed by atoms with E-state index < -0.39 is 47.0 Å². The number of benzene rings is 4. The van der Waals surface area contributed by atoms with Gasteiger partial charge in [-0.15, -0.1) is 0 Å². The van der Waals surface area contributed by atoms with Gasteiger partial charge in [0.05, 0.1) is 23.3 Å². The molecule has 344 valence electrons. The van der Waals surface area contributed by atoms with Gasteiger partial charge in [0, 0.05) is 44.9 Å². The molecule has 8 nitrogen and oxygen atoms in total. The number of halogens is 4. The van der Waals surface area contributed by atoms with E-state index in [2.05, 4.69) is 100.0 Å². The average Bonchev–Trinajstić information content (AvgIpc) is 3.23. The third kappa shape index (κ3) is 14.3. The first-order chi connectivity index (χ1) is 29.7. The van der Waals surface area contributed by atoms with Gasteiger partial charge in [-0.05, 0) is 126 Å². The van der Waals surface area contributed by atoms with Crippen molar-refractivity contribution in [1.82, 2.24) is 20.9 Å². The average molecular weight is 876 g/mol. The number of aliphatic hydroxyl groups excluding tert-OH is 2. The molecule has 0 spiro atoms. The van der Waals surface area contributed by atoms with Gasteiger partial charge in [0.15, 0.2) is 0 Å². The molecule has 12 heteroatoms. The van der Waals surface area contributed by atoms with Crippen LogP contribution in [0.1, 0.15) is 113 Å². The van der Waals surface area contributed by atoms with Gasteiger partial charge in [0.25, 0.3) is 0 Å². The number of rotatable bonds is 14. The van der Waals surface area contributed by atoms with Crippen molar-refractivity contribution in [2.24, 2.45) is 5.73 Å². The molecule has 0 saturated carbocycles. The van der Waals surface area contributed by atoms with E-state index in [-0.39, 0.29) is 22.9 Å². The molecule has 2 aliphatic heterocycles. The third-order valence-corrected chi connectivity index (χ3v) is 12.5. The Balaban J connectivity index is 0.000000239. The summed E-state index contributed by atoms with van der Waals surface area (Å²) in [5.41, 5.74) is 10.7. The number of carbonyl (C=O) groups is 1. The van der Waals surface area contributed by atoms with Gasteiger partial charge < -0.3 is 36.8 Å². The number of likely N-dealkylation sites (tertiary alicyclic amines) is 1. The first kappa shape index (κ1) is 49.7. The molecule has 2 saturated heterocycles. The van der Waals surface area contributed by atoms with Crippen LogP contribution in [0.5, 0.6) is 0 Å². The topological polar surface area (TPSA) is 123 Å². The normalized spacial score (nSPS) is 20.4. The number of hydrogen-bond acceptors (Lipinski definition) is 6. The van der Waals surface area contributed by atoms with E-state index in [1.165, 1.54) is 41.0 Å². The van der Waals surface area contributed by atoms with E-state index in [9.17, 15) is 32.6 Å². The Morgan fingerprint density at radius 1 is 0.698 bits per heavy atom. The van der Waals surface area contributed by atoms with Gasteiger partial charge in [-0.25, -0.2) is 22.4 Å².